The van der Waals surface area contributed by atoms with E-state index < -0.39 is 5.60 Å². The number of hydrogen-bond donors (Lipinski definition) is 2. The molecule has 1 aliphatic heterocycles. The first kappa shape index (κ1) is 16.5. The van der Waals surface area contributed by atoms with Crippen molar-refractivity contribution in [3.63, 3.8) is 0 Å². The van der Waals surface area contributed by atoms with Crippen molar-refractivity contribution in [1.29, 1.82) is 0 Å². The van der Waals surface area contributed by atoms with Crippen LogP contribution >= 0.6 is 0 Å². The Labute approximate surface area is 149 Å². The molecule has 3 aromatic heterocycles. The van der Waals surface area contributed by atoms with E-state index in [1.807, 2.05) is 4.57 Å². The Balaban J connectivity index is 1.62. The van der Waals surface area contributed by atoms with Crippen molar-refractivity contribution < 1.29 is 9.90 Å². The number of β-amino-alcohol motifs (C(OH)–C–C–N with tert-alkyl or cyclic N) is 1. The van der Waals surface area contributed by atoms with Gasteiger partial charge in [-0.3, -0.25) is 4.79 Å². The number of nitrogen functional groups attached to an aromatic ring is 1. The third kappa shape index (κ3) is 2.49. The van der Waals surface area contributed by atoms with Gasteiger partial charge in [0.05, 0.1) is 18.9 Å². The van der Waals surface area contributed by atoms with Crippen molar-refractivity contribution in [2.24, 2.45) is 7.05 Å². The van der Waals surface area contributed by atoms with Gasteiger partial charge in [-0.2, -0.15) is 0 Å². The molecule has 0 unspecified atom stereocenters. The fourth-order valence-electron chi connectivity index (χ4n) is 3.58. The molecule has 0 bridgehead atoms. The number of carbonyl (C=O) groups excluding carboxylic acids is 1. The van der Waals surface area contributed by atoms with E-state index in [1.54, 1.807) is 42.2 Å². The second-order valence-corrected chi connectivity index (χ2v) is 6.83. The van der Waals surface area contributed by atoms with Gasteiger partial charge in [-0.1, -0.05) is 0 Å². The second-order valence-electron chi connectivity index (χ2n) is 6.83. The predicted octanol–water partition coefficient (Wildman–Crippen LogP) is -0.0198. The van der Waals surface area contributed by atoms with Gasteiger partial charge in [-0.05, 0) is 13.3 Å². The van der Waals surface area contributed by atoms with E-state index in [-0.39, 0.29) is 18.5 Å². The summed E-state index contributed by atoms with van der Waals surface area (Å²) >= 11 is 0. The lowest BCUT2D eigenvalue weighted by Gasteiger charge is -2.43. The number of imidazole rings is 2. The molecule has 2 atom stereocenters. The predicted molar refractivity (Wildman–Crippen MR) is 93.1 cm³/mol. The lowest BCUT2D eigenvalue weighted by Crippen LogP contribution is -2.54. The van der Waals surface area contributed by atoms with Gasteiger partial charge >= 0.3 is 0 Å². The van der Waals surface area contributed by atoms with E-state index in [0.717, 1.165) is 0 Å². The summed E-state index contributed by atoms with van der Waals surface area (Å²) in [5, 5.41) is 11.1. The fraction of sp³-hybridized carbons (Fsp3) is 0.438. The maximum Gasteiger partial charge on any atom is 0.289 e. The Morgan fingerprint density at radius 3 is 2.85 bits per heavy atom. The molecular weight excluding hydrogens is 336 g/mol. The SMILES string of the molecule is Cn1ccnc1C(=O)N1CC[C@@H](n2cnc3c(N)ncnc32)[C@](C)(O)C1. The summed E-state index contributed by atoms with van der Waals surface area (Å²) in [5.74, 6) is 0.460. The number of rotatable bonds is 2. The molecule has 10 nitrogen and oxygen atoms in total. The number of anilines is 1. The number of carbonyl (C=O) groups is 1. The minimum absolute atomic E-state index is 0.184. The number of aromatic nitrogens is 6. The summed E-state index contributed by atoms with van der Waals surface area (Å²) in [6.45, 7) is 2.39. The molecule has 0 saturated carbocycles. The van der Waals surface area contributed by atoms with E-state index in [1.165, 1.54) is 6.33 Å². The number of nitrogens with two attached hydrogens (primary N) is 1. The summed E-state index contributed by atoms with van der Waals surface area (Å²) in [6.07, 6.45) is 6.85. The molecule has 26 heavy (non-hydrogen) atoms. The standard InChI is InChI=1S/C16H20N8O2/c1-16(26)7-23(15(25)14-18-4-6-22(14)2)5-3-10(16)24-9-21-11-12(17)19-8-20-13(11)24/h4,6,8-10,26H,3,5,7H2,1-2H3,(H2,17,19,20)/t10-,16-/m1/s1. The molecular formula is C16H20N8O2. The number of amides is 1. The summed E-state index contributed by atoms with van der Waals surface area (Å²) < 4.78 is 3.49. The number of piperidine rings is 1. The lowest BCUT2D eigenvalue weighted by atomic mass is 9.88. The van der Waals surface area contributed by atoms with E-state index in [2.05, 4.69) is 19.9 Å². The fourth-order valence-corrected chi connectivity index (χ4v) is 3.58. The normalized spacial score (nSPS) is 23.5. The van der Waals surface area contributed by atoms with Gasteiger partial charge in [0, 0.05) is 26.0 Å². The minimum Gasteiger partial charge on any atom is -0.386 e. The molecule has 0 spiro atoms. The maximum absolute atomic E-state index is 12.7. The van der Waals surface area contributed by atoms with Gasteiger partial charge in [0.1, 0.15) is 17.4 Å². The highest BCUT2D eigenvalue weighted by Crippen LogP contribution is 2.34. The highest BCUT2D eigenvalue weighted by molar-refractivity contribution is 5.91. The van der Waals surface area contributed by atoms with Crippen LogP contribution in [0.15, 0.2) is 25.0 Å². The van der Waals surface area contributed by atoms with Gasteiger partial charge < -0.3 is 24.9 Å². The van der Waals surface area contributed by atoms with Crippen LogP contribution < -0.4 is 5.73 Å². The molecule has 1 saturated heterocycles. The topological polar surface area (TPSA) is 128 Å². The van der Waals surface area contributed by atoms with Crippen LogP contribution in [0, 0.1) is 0 Å². The Kier molecular flexibility index (Phi) is 3.65. The summed E-state index contributed by atoms with van der Waals surface area (Å²) in [6, 6.07) is -0.285. The first-order valence-electron chi connectivity index (χ1n) is 8.30. The lowest BCUT2D eigenvalue weighted by molar-refractivity contribution is -0.0483. The van der Waals surface area contributed by atoms with Crippen LogP contribution in [0.2, 0.25) is 0 Å². The molecule has 0 radical (unpaired) electrons. The second kappa shape index (κ2) is 5.77. The first-order valence-corrected chi connectivity index (χ1v) is 8.30. The first-order chi connectivity index (χ1) is 12.4. The smallest absolute Gasteiger partial charge is 0.289 e. The van der Waals surface area contributed by atoms with Crippen molar-refractivity contribution in [2.75, 3.05) is 18.8 Å². The van der Waals surface area contributed by atoms with Gasteiger partial charge in [-0.25, -0.2) is 19.9 Å². The molecule has 10 heteroatoms. The third-order valence-corrected chi connectivity index (χ3v) is 4.92. The van der Waals surface area contributed by atoms with Gasteiger partial charge in [0.25, 0.3) is 5.91 Å². The Morgan fingerprint density at radius 1 is 1.35 bits per heavy atom. The van der Waals surface area contributed by atoms with Crippen LogP contribution in [-0.4, -0.2) is 63.7 Å². The van der Waals surface area contributed by atoms with Crippen LogP contribution in [0.4, 0.5) is 5.82 Å². The number of hydrogen-bond acceptors (Lipinski definition) is 7. The van der Waals surface area contributed by atoms with Gasteiger partial charge in [0.2, 0.25) is 0 Å². The maximum atomic E-state index is 12.7. The van der Waals surface area contributed by atoms with Crippen LogP contribution in [0.1, 0.15) is 30.0 Å². The number of nitrogens with zero attached hydrogens (tertiary/aromatic N) is 7. The quantitative estimate of drug-likeness (QED) is 0.660. The van der Waals surface area contributed by atoms with Crippen LogP contribution in [0.25, 0.3) is 11.2 Å². The third-order valence-electron chi connectivity index (χ3n) is 4.92. The highest BCUT2D eigenvalue weighted by atomic mass is 16.3. The zero-order valence-corrected chi connectivity index (χ0v) is 14.6. The zero-order chi connectivity index (χ0) is 18.5. The molecule has 1 aliphatic rings. The Bertz CT molecular complexity index is 976. The largest absolute Gasteiger partial charge is 0.386 e. The van der Waals surface area contributed by atoms with E-state index in [4.69, 9.17) is 5.73 Å². The van der Waals surface area contributed by atoms with Crippen molar-refractivity contribution in [1.82, 2.24) is 34.0 Å². The van der Waals surface area contributed by atoms with Crippen molar-refractivity contribution in [3.8, 4) is 0 Å². The molecule has 4 heterocycles. The minimum atomic E-state index is -1.16. The summed E-state index contributed by atoms with van der Waals surface area (Å²) in [7, 11) is 1.77. The average Bonchev–Trinajstić information content (AvgIpc) is 3.20. The number of likely N-dealkylation sites (tertiary alicyclic amines) is 1. The number of aryl methyl sites for hydroxylation is 1. The zero-order valence-electron chi connectivity index (χ0n) is 14.6. The monoisotopic (exact) mass is 356 g/mol. The van der Waals surface area contributed by atoms with E-state index in [9.17, 15) is 9.90 Å². The van der Waals surface area contributed by atoms with Gasteiger partial charge in [0.15, 0.2) is 17.3 Å². The molecule has 3 N–H and O–H groups in total. The Morgan fingerprint density at radius 2 is 2.15 bits per heavy atom. The number of aliphatic hydroxyl groups is 1. The molecule has 1 amide bonds. The summed E-state index contributed by atoms with van der Waals surface area (Å²) in [5.41, 5.74) is 5.77. The number of fused-ring (bicyclic) bond motifs is 1. The van der Waals surface area contributed by atoms with E-state index in [0.29, 0.717) is 35.8 Å². The summed E-state index contributed by atoms with van der Waals surface area (Å²) in [4.78, 5) is 30.9. The molecule has 136 valence electrons. The molecule has 3 aromatic rings. The molecule has 1 fully saturated rings. The van der Waals surface area contributed by atoms with E-state index >= 15 is 0 Å². The van der Waals surface area contributed by atoms with Crippen LogP contribution in [-0.2, 0) is 7.05 Å². The van der Waals surface area contributed by atoms with Gasteiger partial charge in [-0.15, -0.1) is 0 Å². The van der Waals surface area contributed by atoms with Crippen molar-refractivity contribution in [3.05, 3.63) is 30.9 Å². The average molecular weight is 356 g/mol. The Hall–Kier alpha value is -3.01. The van der Waals surface area contributed by atoms with Crippen molar-refractivity contribution in [2.45, 2.75) is 25.0 Å². The molecule has 0 aromatic carbocycles. The molecule has 4 rings (SSSR count). The van der Waals surface area contributed by atoms with Crippen LogP contribution in [0.5, 0.6) is 0 Å². The molecule has 0 aliphatic carbocycles. The van der Waals surface area contributed by atoms with Crippen LogP contribution in [0.3, 0.4) is 0 Å². The highest BCUT2D eigenvalue weighted by Gasteiger charge is 2.42. The van der Waals surface area contributed by atoms with Crippen molar-refractivity contribution >= 4 is 22.9 Å².